The highest BCUT2D eigenvalue weighted by Crippen LogP contribution is 2.31. The Kier molecular flexibility index (Phi) is 5.70. The van der Waals surface area contributed by atoms with Crippen molar-refractivity contribution >= 4 is 23.4 Å². The molecule has 1 unspecified atom stereocenters. The van der Waals surface area contributed by atoms with E-state index < -0.39 is 0 Å². The summed E-state index contributed by atoms with van der Waals surface area (Å²) < 4.78 is 1.91. The average Bonchev–Trinajstić information content (AvgIpc) is 2.85. The summed E-state index contributed by atoms with van der Waals surface area (Å²) >= 11 is 8.01. The number of nitrogens with zero attached hydrogens (tertiary/aromatic N) is 3. The van der Waals surface area contributed by atoms with Gasteiger partial charge in [0, 0.05) is 11.4 Å². The summed E-state index contributed by atoms with van der Waals surface area (Å²) in [4.78, 5) is 3.28. The van der Waals surface area contributed by atoms with E-state index in [2.05, 4.69) is 28.4 Å². The maximum absolute atomic E-state index is 6.47. The van der Waals surface area contributed by atoms with Gasteiger partial charge in [-0.15, -0.1) is 11.8 Å². The van der Waals surface area contributed by atoms with Gasteiger partial charge in [0.15, 0.2) is 0 Å². The second-order valence-corrected chi connectivity index (χ2v) is 6.38. The second kappa shape index (κ2) is 7.31. The first-order valence-corrected chi connectivity index (χ1v) is 8.39. The van der Waals surface area contributed by atoms with Gasteiger partial charge in [-0.1, -0.05) is 29.8 Å². The van der Waals surface area contributed by atoms with Crippen molar-refractivity contribution in [1.29, 1.82) is 0 Å². The quantitative estimate of drug-likeness (QED) is 0.830. The predicted octanol–water partition coefficient (Wildman–Crippen LogP) is 2.87. The lowest BCUT2D eigenvalue weighted by Crippen LogP contribution is -2.23. The van der Waals surface area contributed by atoms with E-state index in [0.29, 0.717) is 5.02 Å². The van der Waals surface area contributed by atoms with Crippen molar-refractivity contribution < 1.29 is 0 Å². The van der Waals surface area contributed by atoms with E-state index in [1.165, 1.54) is 4.90 Å². The molecule has 0 aliphatic rings. The van der Waals surface area contributed by atoms with E-state index in [0.717, 1.165) is 24.3 Å². The molecule has 0 aliphatic heterocycles. The summed E-state index contributed by atoms with van der Waals surface area (Å²) in [6, 6.07) is 7.88. The van der Waals surface area contributed by atoms with Gasteiger partial charge in [0.25, 0.3) is 0 Å². The molecule has 21 heavy (non-hydrogen) atoms. The molecule has 2 rings (SSSR count). The van der Waals surface area contributed by atoms with Crippen LogP contribution in [0.4, 0.5) is 0 Å². The molecular weight excluding hydrogens is 304 g/mol. The predicted molar refractivity (Wildman–Crippen MR) is 90.0 cm³/mol. The molecule has 6 heteroatoms. The summed E-state index contributed by atoms with van der Waals surface area (Å²) in [6.07, 6.45) is 3.73. The lowest BCUT2D eigenvalue weighted by molar-refractivity contribution is 0.368. The number of hydrogen-bond donors (Lipinski definition) is 1. The molecule has 0 aliphatic carbocycles. The number of aromatic nitrogens is 2. The highest BCUT2D eigenvalue weighted by atomic mass is 35.5. The molecule has 1 heterocycles. The zero-order chi connectivity index (χ0) is 15.4. The van der Waals surface area contributed by atoms with Gasteiger partial charge in [0.2, 0.25) is 0 Å². The molecule has 114 valence electrons. The third-order valence-electron chi connectivity index (χ3n) is 3.36. The van der Waals surface area contributed by atoms with Gasteiger partial charge in [-0.2, -0.15) is 5.10 Å². The summed E-state index contributed by atoms with van der Waals surface area (Å²) in [7, 11) is 4.07. The van der Waals surface area contributed by atoms with Crippen LogP contribution >= 0.6 is 23.4 Å². The summed E-state index contributed by atoms with van der Waals surface area (Å²) in [6.45, 7) is 1.66. The van der Waals surface area contributed by atoms with Gasteiger partial charge < -0.3 is 10.6 Å². The Morgan fingerprint density at radius 1 is 1.38 bits per heavy atom. The minimum Gasteiger partial charge on any atom is -0.319 e. The van der Waals surface area contributed by atoms with Crippen molar-refractivity contribution in [1.82, 2.24) is 14.7 Å². The maximum Gasteiger partial charge on any atom is 0.0837 e. The largest absolute Gasteiger partial charge is 0.319 e. The van der Waals surface area contributed by atoms with Crippen molar-refractivity contribution in [2.75, 3.05) is 26.9 Å². The fourth-order valence-electron chi connectivity index (χ4n) is 2.22. The van der Waals surface area contributed by atoms with Crippen LogP contribution in [0.25, 0.3) is 0 Å². The van der Waals surface area contributed by atoms with E-state index in [-0.39, 0.29) is 6.04 Å². The summed E-state index contributed by atoms with van der Waals surface area (Å²) in [5.74, 6) is 0. The molecular formula is C15H21ClN4S. The standard InChI is InChI=1S/C15H21ClN4S/c1-19(2)8-9-20-15(12(16)10-18-20)14(17)11-6-4-5-7-13(11)21-3/h4-7,10,14H,8-9,17H2,1-3H3. The van der Waals surface area contributed by atoms with E-state index in [4.69, 9.17) is 17.3 Å². The Balaban J connectivity index is 2.34. The fraction of sp³-hybridized carbons (Fsp3) is 0.400. The topological polar surface area (TPSA) is 47.1 Å². The Morgan fingerprint density at radius 2 is 2.10 bits per heavy atom. The second-order valence-electron chi connectivity index (χ2n) is 5.12. The summed E-state index contributed by atoms with van der Waals surface area (Å²) in [5.41, 5.74) is 8.43. The number of benzene rings is 1. The van der Waals surface area contributed by atoms with E-state index in [9.17, 15) is 0 Å². The molecule has 0 bridgehead atoms. The highest BCUT2D eigenvalue weighted by Gasteiger charge is 2.20. The van der Waals surface area contributed by atoms with Gasteiger partial charge in [-0.25, -0.2) is 0 Å². The van der Waals surface area contributed by atoms with E-state index >= 15 is 0 Å². The van der Waals surface area contributed by atoms with Crippen LogP contribution in [0.1, 0.15) is 17.3 Å². The van der Waals surface area contributed by atoms with Crippen LogP contribution in [-0.2, 0) is 6.54 Å². The Bertz CT molecular complexity index is 597. The van der Waals surface area contributed by atoms with Crippen molar-refractivity contribution in [2.24, 2.45) is 5.73 Å². The van der Waals surface area contributed by atoms with Gasteiger partial charge in [0.05, 0.1) is 29.5 Å². The van der Waals surface area contributed by atoms with Crippen molar-refractivity contribution in [2.45, 2.75) is 17.5 Å². The first-order valence-electron chi connectivity index (χ1n) is 6.79. The van der Waals surface area contributed by atoms with Crippen molar-refractivity contribution in [3.8, 4) is 0 Å². The highest BCUT2D eigenvalue weighted by molar-refractivity contribution is 7.98. The molecule has 2 aromatic rings. The van der Waals surface area contributed by atoms with Gasteiger partial charge >= 0.3 is 0 Å². The monoisotopic (exact) mass is 324 g/mol. The molecule has 0 spiro atoms. The fourth-order valence-corrected chi connectivity index (χ4v) is 3.13. The number of rotatable bonds is 6. The molecule has 1 atom stereocenters. The molecule has 2 N–H and O–H groups in total. The van der Waals surface area contributed by atoms with Gasteiger partial charge in [-0.3, -0.25) is 4.68 Å². The molecule has 0 saturated carbocycles. The molecule has 1 aromatic heterocycles. The molecule has 0 radical (unpaired) electrons. The van der Waals surface area contributed by atoms with Crippen molar-refractivity contribution in [3.05, 3.63) is 46.7 Å². The summed E-state index contributed by atoms with van der Waals surface area (Å²) in [5, 5.41) is 4.98. The van der Waals surface area contributed by atoms with Gasteiger partial charge in [-0.05, 0) is 32.0 Å². The Labute approximate surface area is 135 Å². The van der Waals surface area contributed by atoms with Crippen LogP contribution < -0.4 is 5.73 Å². The Morgan fingerprint density at radius 3 is 2.76 bits per heavy atom. The normalized spacial score (nSPS) is 12.9. The van der Waals surface area contributed by atoms with Crippen LogP contribution in [0, 0.1) is 0 Å². The molecule has 4 nitrogen and oxygen atoms in total. The average molecular weight is 325 g/mol. The molecule has 0 fully saturated rings. The van der Waals surface area contributed by atoms with Crippen molar-refractivity contribution in [3.63, 3.8) is 0 Å². The minimum absolute atomic E-state index is 0.272. The first kappa shape index (κ1) is 16.4. The number of halogens is 1. The molecule has 0 saturated heterocycles. The lowest BCUT2D eigenvalue weighted by Gasteiger charge is -2.19. The third kappa shape index (κ3) is 3.80. The minimum atomic E-state index is -0.272. The SMILES string of the molecule is CSc1ccccc1C(N)c1c(Cl)cnn1CCN(C)C. The number of nitrogens with two attached hydrogens (primary N) is 1. The number of hydrogen-bond acceptors (Lipinski definition) is 4. The van der Waals surface area contributed by atoms with Crippen LogP contribution in [0.2, 0.25) is 5.02 Å². The van der Waals surface area contributed by atoms with Crippen LogP contribution in [0.5, 0.6) is 0 Å². The zero-order valence-electron chi connectivity index (χ0n) is 12.6. The lowest BCUT2D eigenvalue weighted by atomic mass is 10.0. The van der Waals surface area contributed by atoms with E-state index in [1.54, 1.807) is 18.0 Å². The number of thioether (sulfide) groups is 1. The van der Waals surface area contributed by atoms with Crippen LogP contribution in [-0.4, -0.2) is 41.6 Å². The van der Waals surface area contributed by atoms with E-state index in [1.807, 2.05) is 30.9 Å². The molecule has 0 amide bonds. The first-order chi connectivity index (χ1) is 10.0. The third-order valence-corrected chi connectivity index (χ3v) is 4.46. The zero-order valence-corrected chi connectivity index (χ0v) is 14.2. The molecule has 1 aromatic carbocycles. The Hall–Kier alpha value is -1.01. The van der Waals surface area contributed by atoms with Crippen LogP contribution in [0.3, 0.4) is 0 Å². The van der Waals surface area contributed by atoms with Crippen LogP contribution in [0.15, 0.2) is 35.4 Å². The van der Waals surface area contributed by atoms with Gasteiger partial charge in [0.1, 0.15) is 0 Å². The smallest absolute Gasteiger partial charge is 0.0837 e. The maximum atomic E-state index is 6.47. The number of likely N-dealkylation sites (N-methyl/N-ethyl adjacent to an activating group) is 1.